The first-order chi connectivity index (χ1) is 11.8. The molecule has 132 valence electrons. The van der Waals surface area contributed by atoms with Crippen molar-refractivity contribution < 1.29 is 19.8 Å². The molecule has 0 saturated carbocycles. The van der Waals surface area contributed by atoms with Crippen LogP contribution >= 0.6 is 27.3 Å². The molecular weight excluding hydrogens is 410 g/mol. The number of carbonyl (C=O) groups is 2. The Kier molecular flexibility index (Phi) is 6.29. The van der Waals surface area contributed by atoms with E-state index in [2.05, 4.69) is 39.2 Å². The number of benzene rings is 1. The summed E-state index contributed by atoms with van der Waals surface area (Å²) in [4.78, 5) is 19.1. The van der Waals surface area contributed by atoms with Crippen LogP contribution in [0.15, 0.2) is 40.3 Å². The average Bonchev–Trinajstić information content (AvgIpc) is 3.07. The molecule has 0 aliphatic carbocycles. The largest absolute Gasteiger partial charge is 0.478 e. The summed E-state index contributed by atoms with van der Waals surface area (Å²) in [5, 5.41) is 22.5. The Balaban J connectivity index is 0.000000242. The fourth-order valence-corrected chi connectivity index (χ4v) is 3.76. The quantitative estimate of drug-likeness (QED) is 0.552. The molecule has 7 nitrogen and oxygen atoms in total. The predicted octanol–water partition coefficient (Wildman–Crippen LogP) is 3.07. The van der Waals surface area contributed by atoms with E-state index in [1.165, 1.54) is 21.0 Å². The molecule has 0 fully saturated rings. The maximum absolute atomic E-state index is 9.55. The van der Waals surface area contributed by atoms with Crippen LogP contribution < -0.4 is 5.73 Å². The lowest BCUT2D eigenvalue weighted by Crippen LogP contribution is -2.22. The topological polar surface area (TPSA) is 118 Å². The third-order valence-electron chi connectivity index (χ3n) is 3.10. The Morgan fingerprint density at radius 1 is 1.36 bits per heavy atom. The molecule has 1 aromatic carbocycles. The van der Waals surface area contributed by atoms with Crippen molar-refractivity contribution in [3.05, 3.63) is 40.3 Å². The third kappa shape index (κ3) is 5.12. The van der Waals surface area contributed by atoms with Crippen LogP contribution in [-0.2, 0) is 16.1 Å². The lowest BCUT2D eigenvalue weighted by atomic mass is 10.2. The van der Waals surface area contributed by atoms with Gasteiger partial charge < -0.3 is 15.9 Å². The molecule has 4 N–H and O–H groups in total. The molecule has 9 heteroatoms. The molecule has 0 aliphatic rings. The number of aliphatic carboxylic acids is 2. The highest BCUT2D eigenvalue weighted by atomic mass is 79.9. The molecule has 25 heavy (non-hydrogen) atoms. The van der Waals surface area contributed by atoms with Crippen molar-refractivity contribution in [2.24, 2.45) is 5.73 Å². The number of hydrogen-bond donors (Lipinski definition) is 3. The molecule has 3 rings (SSSR count). The van der Waals surface area contributed by atoms with Gasteiger partial charge in [0.05, 0.1) is 22.0 Å². The molecule has 1 atom stereocenters. The Labute approximate surface area is 155 Å². The molecule has 0 bridgehead atoms. The zero-order chi connectivity index (χ0) is 18.6. The van der Waals surface area contributed by atoms with Crippen LogP contribution in [0.4, 0.5) is 0 Å². The number of carboxylic acid groups (broad SMARTS) is 2. The first-order valence-electron chi connectivity index (χ1n) is 7.21. The SMILES string of the molecule is C[C@H](N)Cn1ncc2ccc3sc(Br)cc3c21.O=C(O)C=CC(=O)O. The predicted molar refractivity (Wildman–Crippen MR) is 101 cm³/mol. The number of carboxylic acids is 2. The van der Waals surface area contributed by atoms with Gasteiger partial charge in [0.15, 0.2) is 0 Å². The van der Waals surface area contributed by atoms with Crippen LogP contribution in [0.5, 0.6) is 0 Å². The normalized spacial score (nSPS) is 12.3. The lowest BCUT2D eigenvalue weighted by molar-refractivity contribution is -0.134. The maximum Gasteiger partial charge on any atom is 0.328 e. The van der Waals surface area contributed by atoms with Gasteiger partial charge in [-0.25, -0.2) is 9.59 Å². The summed E-state index contributed by atoms with van der Waals surface area (Å²) < 4.78 is 4.42. The number of hydrogen-bond acceptors (Lipinski definition) is 5. The van der Waals surface area contributed by atoms with E-state index in [1.807, 2.05) is 17.8 Å². The first-order valence-corrected chi connectivity index (χ1v) is 8.82. The number of rotatable bonds is 4. The first kappa shape index (κ1) is 19.1. The van der Waals surface area contributed by atoms with E-state index in [0.717, 1.165) is 10.3 Å². The van der Waals surface area contributed by atoms with E-state index in [9.17, 15) is 9.59 Å². The molecule has 0 spiro atoms. The van der Waals surface area contributed by atoms with E-state index < -0.39 is 11.9 Å². The zero-order valence-electron chi connectivity index (χ0n) is 13.2. The number of fused-ring (bicyclic) bond motifs is 3. The Morgan fingerprint density at radius 2 is 2.00 bits per heavy atom. The highest BCUT2D eigenvalue weighted by Gasteiger charge is 2.10. The van der Waals surface area contributed by atoms with E-state index in [-0.39, 0.29) is 6.04 Å². The number of thiophene rings is 1. The second-order valence-corrected chi connectivity index (χ2v) is 7.74. The van der Waals surface area contributed by atoms with Crippen LogP contribution in [0.3, 0.4) is 0 Å². The molecule has 2 heterocycles. The smallest absolute Gasteiger partial charge is 0.328 e. The van der Waals surface area contributed by atoms with Gasteiger partial charge in [0, 0.05) is 33.7 Å². The van der Waals surface area contributed by atoms with Crippen LogP contribution in [0.2, 0.25) is 0 Å². The minimum atomic E-state index is -1.26. The summed E-state index contributed by atoms with van der Waals surface area (Å²) in [6.07, 6.45) is 3.02. The van der Waals surface area contributed by atoms with E-state index in [1.54, 1.807) is 11.3 Å². The molecule has 0 amide bonds. The molecule has 0 aliphatic heterocycles. The van der Waals surface area contributed by atoms with E-state index in [0.29, 0.717) is 12.2 Å². The third-order valence-corrected chi connectivity index (χ3v) is 4.70. The molecule has 0 saturated heterocycles. The molecule has 0 radical (unpaired) electrons. The zero-order valence-corrected chi connectivity index (χ0v) is 15.6. The summed E-state index contributed by atoms with van der Waals surface area (Å²) in [6.45, 7) is 2.74. The highest BCUT2D eigenvalue weighted by molar-refractivity contribution is 9.11. The highest BCUT2D eigenvalue weighted by Crippen LogP contribution is 2.34. The van der Waals surface area contributed by atoms with Crippen molar-refractivity contribution in [1.82, 2.24) is 9.78 Å². The number of nitrogens with zero attached hydrogens (tertiary/aromatic N) is 2. The summed E-state index contributed by atoms with van der Waals surface area (Å²) in [5.41, 5.74) is 7.04. The summed E-state index contributed by atoms with van der Waals surface area (Å²) in [7, 11) is 0. The fraction of sp³-hybridized carbons (Fsp3) is 0.188. The monoisotopic (exact) mass is 425 g/mol. The molecule has 0 unspecified atom stereocenters. The second-order valence-electron chi connectivity index (χ2n) is 5.28. The molecule has 2 aromatic heterocycles. The van der Waals surface area contributed by atoms with Crippen LogP contribution in [0.25, 0.3) is 21.0 Å². The Morgan fingerprint density at radius 3 is 2.56 bits per heavy atom. The van der Waals surface area contributed by atoms with Crippen LogP contribution in [0.1, 0.15) is 6.92 Å². The molecular formula is C16H16BrN3O4S. The van der Waals surface area contributed by atoms with Gasteiger partial charge in [0.25, 0.3) is 0 Å². The van der Waals surface area contributed by atoms with Crippen molar-refractivity contribution in [2.75, 3.05) is 0 Å². The van der Waals surface area contributed by atoms with Crippen molar-refractivity contribution >= 4 is 60.2 Å². The van der Waals surface area contributed by atoms with Gasteiger partial charge in [-0.3, -0.25) is 4.68 Å². The van der Waals surface area contributed by atoms with E-state index >= 15 is 0 Å². The van der Waals surface area contributed by atoms with Crippen LogP contribution in [-0.4, -0.2) is 38.0 Å². The summed E-state index contributed by atoms with van der Waals surface area (Å²) in [6, 6.07) is 6.52. The average molecular weight is 426 g/mol. The summed E-state index contributed by atoms with van der Waals surface area (Å²) in [5.74, 6) is -2.51. The van der Waals surface area contributed by atoms with Crippen molar-refractivity contribution in [3.63, 3.8) is 0 Å². The second kappa shape index (κ2) is 8.24. The van der Waals surface area contributed by atoms with E-state index in [4.69, 9.17) is 15.9 Å². The van der Waals surface area contributed by atoms with Gasteiger partial charge in [-0.2, -0.15) is 5.10 Å². The lowest BCUT2D eigenvalue weighted by Gasteiger charge is -2.07. The minimum absolute atomic E-state index is 0.107. The fourth-order valence-electron chi connectivity index (χ4n) is 2.22. The number of nitrogens with two attached hydrogens (primary N) is 1. The van der Waals surface area contributed by atoms with Gasteiger partial charge in [-0.05, 0) is 41.1 Å². The van der Waals surface area contributed by atoms with Crippen LogP contribution in [0, 0.1) is 0 Å². The van der Waals surface area contributed by atoms with Gasteiger partial charge in [-0.1, -0.05) is 0 Å². The standard InChI is InChI=1S/C12H12BrN3S.C4H4O4/c1-7(14)6-16-12-8(5-15-16)2-3-10-9(12)4-11(13)17-10;5-3(6)1-2-4(7)8/h2-5,7H,6,14H2,1H3;1-2H,(H,5,6)(H,7,8)/t7-;/m0./s1. The van der Waals surface area contributed by atoms with Gasteiger partial charge >= 0.3 is 11.9 Å². The minimum Gasteiger partial charge on any atom is -0.478 e. The van der Waals surface area contributed by atoms with Gasteiger partial charge in [0.1, 0.15) is 0 Å². The Hall–Kier alpha value is -2.23. The molecule has 3 aromatic rings. The van der Waals surface area contributed by atoms with Gasteiger partial charge in [0.2, 0.25) is 0 Å². The Bertz CT molecular complexity index is 930. The van der Waals surface area contributed by atoms with Crippen molar-refractivity contribution in [2.45, 2.75) is 19.5 Å². The number of aromatic nitrogens is 2. The van der Waals surface area contributed by atoms with Crippen molar-refractivity contribution in [3.8, 4) is 0 Å². The maximum atomic E-state index is 9.55. The summed E-state index contributed by atoms with van der Waals surface area (Å²) >= 11 is 5.28. The van der Waals surface area contributed by atoms with Gasteiger partial charge in [-0.15, -0.1) is 11.3 Å². The number of halogens is 1. The van der Waals surface area contributed by atoms with Crippen molar-refractivity contribution in [1.29, 1.82) is 0 Å².